The van der Waals surface area contributed by atoms with E-state index in [-0.39, 0.29) is 32.6 Å². The number of primary amides is 1. The van der Waals surface area contributed by atoms with Crippen molar-refractivity contribution in [2.45, 2.75) is 50.5 Å². The number of methoxy groups -OCH3 is 1. The molecule has 2 heterocycles. The summed E-state index contributed by atoms with van der Waals surface area (Å²) in [5.74, 6) is -2.68. The fraction of sp³-hybridized carbons (Fsp3) is 0.812. The van der Waals surface area contributed by atoms with Gasteiger partial charge in [0.25, 0.3) is 0 Å². The van der Waals surface area contributed by atoms with Crippen LogP contribution in [-0.4, -0.2) is 85.1 Å². The van der Waals surface area contributed by atoms with E-state index in [0.717, 1.165) is 4.90 Å². The highest BCUT2D eigenvalue weighted by Crippen LogP contribution is 2.33. The molecule has 2 aliphatic heterocycles. The Morgan fingerprint density at radius 1 is 1.25 bits per heavy atom. The van der Waals surface area contributed by atoms with Gasteiger partial charge in [-0.05, 0) is 26.7 Å². The summed E-state index contributed by atoms with van der Waals surface area (Å²) in [6.07, 6.45) is -3.94. The van der Waals surface area contributed by atoms with Crippen LogP contribution in [0.25, 0.3) is 0 Å². The predicted molar refractivity (Wildman–Crippen MR) is 88.8 cm³/mol. The molecule has 2 fully saturated rings. The Bertz CT molecular complexity index is 617. The Kier molecular flexibility index (Phi) is 6.78. The molecule has 0 aromatic carbocycles. The normalized spacial score (nSPS) is 22.5. The lowest BCUT2D eigenvalue weighted by molar-refractivity contribution is -0.333. The van der Waals surface area contributed by atoms with Gasteiger partial charge in [0.05, 0.1) is 25.9 Å². The first kappa shape index (κ1) is 22.2. The lowest BCUT2D eigenvalue weighted by atomic mass is 10.0. The standard InChI is InChI=1S/C16H25F2N3O7/c1-15(2,9-26-7-6-25-3)27-13(23)16(17,18)28-21-10-4-5-11(12(19)22)20(8-10)14(21)24/h10-11H,4-9H2,1-3H3,(H2,19,22)/t10-,11+/m1/s1. The van der Waals surface area contributed by atoms with Gasteiger partial charge in [-0.2, -0.15) is 18.7 Å². The van der Waals surface area contributed by atoms with E-state index in [2.05, 4.69) is 4.84 Å². The van der Waals surface area contributed by atoms with Gasteiger partial charge in [0, 0.05) is 13.7 Å². The Morgan fingerprint density at radius 2 is 1.93 bits per heavy atom. The maximum atomic E-state index is 14.3. The van der Waals surface area contributed by atoms with Crippen LogP contribution in [0.5, 0.6) is 0 Å². The number of rotatable bonds is 10. The quantitative estimate of drug-likeness (QED) is 0.406. The van der Waals surface area contributed by atoms with Gasteiger partial charge in [-0.3, -0.25) is 4.79 Å². The lowest BCUT2D eigenvalue weighted by Gasteiger charge is -2.29. The number of esters is 1. The van der Waals surface area contributed by atoms with E-state index in [1.165, 1.54) is 21.0 Å². The van der Waals surface area contributed by atoms with Gasteiger partial charge in [-0.15, -0.1) is 0 Å². The summed E-state index contributed by atoms with van der Waals surface area (Å²) in [6, 6.07) is -2.55. The number of amides is 3. The molecule has 2 N–H and O–H groups in total. The van der Waals surface area contributed by atoms with Crippen molar-refractivity contribution in [3.8, 4) is 0 Å². The molecule has 0 unspecified atom stereocenters. The van der Waals surface area contributed by atoms with Crippen LogP contribution in [0.15, 0.2) is 0 Å². The topological polar surface area (TPSA) is 121 Å². The highest BCUT2D eigenvalue weighted by Gasteiger charge is 2.54. The van der Waals surface area contributed by atoms with Crippen molar-refractivity contribution in [1.82, 2.24) is 9.96 Å². The van der Waals surface area contributed by atoms with Crippen LogP contribution in [0.3, 0.4) is 0 Å². The molecule has 160 valence electrons. The van der Waals surface area contributed by atoms with Crippen LogP contribution in [0, 0.1) is 0 Å². The minimum Gasteiger partial charge on any atom is -0.451 e. The second-order valence-electron chi connectivity index (χ2n) is 7.21. The molecule has 0 spiro atoms. The maximum Gasteiger partial charge on any atom is 0.477 e. The Hall–Kier alpha value is -2.05. The van der Waals surface area contributed by atoms with E-state index in [1.807, 2.05) is 0 Å². The number of nitrogens with two attached hydrogens (primary N) is 1. The van der Waals surface area contributed by atoms with E-state index in [0.29, 0.717) is 11.7 Å². The summed E-state index contributed by atoms with van der Waals surface area (Å²) in [7, 11) is 1.48. The van der Waals surface area contributed by atoms with Crippen molar-refractivity contribution in [3.05, 3.63) is 0 Å². The highest BCUT2D eigenvalue weighted by atomic mass is 19.3. The number of hydrogen-bond donors (Lipinski definition) is 1. The Labute approximate surface area is 160 Å². The highest BCUT2D eigenvalue weighted by molar-refractivity contribution is 5.87. The fourth-order valence-electron chi connectivity index (χ4n) is 3.01. The summed E-state index contributed by atoms with van der Waals surface area (Å²) in [5, 5.41) is 0.423. The summed E-state index contributed by atoms with van der Waals surface area (Å²) < 4.78 is 43.3. The molecule has 12 heteroatoms. The molecule has 2 bridgehead atoms. The fourth-order valence-corrected chi connectivity index (χ4v) is 3.01. The monoisotopic (exact) mass is 409 g/mol. The molecular weight excluding hydrogens is 384 g/mol. The first-order chi connectivity index (χ1) is 13.0. The SMILES string of the molecule is COCCOCC(C)(C)OC(=O)C(F)(F)ON1C(=O)N2C[C@H]1CC[C@H]2C(N)=O. The largest absolute Gasteiger partial charge is 0.477 e. The molecular formula is C16H25F2N3O7. The van der Waals surface area contributed by atoms with Crippen LogP contribution in [0.4, 0.5) is 13.6 Å². The number of halogens is 2. The van der Waals surface area contributed by atoms with Crippen molar-refractivity contribution in [3.63, 3.8) is 0 Å². The minimum atomic E-state index is -4.40. The van der Waals surface area contributed by atoms with Crippen LogP contribution in [0.2, 0.25) is 0 Å². The molecule has 2 atom stereocenters. The molecule has 0 aromatic rings. The number of nitrogens with zero attached hydrogens (tertiary/aromatic N) is 2. The zero-order chi connectivity index (χ0) is 21.1. The number of alkyl halides is 2. The predicted octanol–water partition coefficient (Wildman–Crippen LogP) is 0.250. The average Bonchev–Trinajstić information content (AvgIpc) is 2.82. The van der Waals surface area contributed by atoms with Crippen molar-refractivity contribution in [1.29, 1.82) is 0 Å². The molecule has 0 radical (unpaired) electrons. The first-order valence-electron chi connectivity index (χ1n) is 8.75. The summed E-state index contributed by atoms with van der Waals surface area (Å²) in [6.45, 7) is 3.15. The number of fused-ring (bicyclic) bond motifs is 2. The van der Waals surface area contributed by atoms with Crippen molar-refractivity contribution < 1.29 is 42.2 Å². The zero-order valence-corrected chi connectivity index (χ0v) is 16.0. The van der Waals surface area contributed by atoms with E-state index in [9.17, 15) is 23.2 Å². The van der Waals surface area contributed by atoms with Gasteiger partial charge in [-0.25, -0.2) is 9.59 Å². The molecule has 0 aromatic heterocycles. The number of carbonyl (C=O) groups is 3. The summed E-state index contributed by atoms with van der Waals surface area (Å²) in [5.41, 5.74) is 3.87. The molecule has 2 rings (SSSR count). The second kappa shape index (κ2) is 8.53. The third kappa shape index (κ3) is 5.06. The molecule has 2 aliphatic rings. The van der Waals surface area contributed by atoms with E-state index in [1.54, 1.807) is 0 Å². The Morgan fingerprint density at radius 3 is 2.54 bits per heavy atom. The van der Waals surface area contributed by atoms with Crippen LogP contribution >= 0.6 is 0 Å². The molecule has 3 amide bonds. The van der Waals surface area contributed by atoms with Crippen molar-refractivity contribution in [2.24, 2.45) is 5.73 Å². The summed E-state index contributed by atoms with van der Waals surface area (Å²) >= 11 is 0. The molecule has 0 saturated carbocycles. The van der Waals surface area contributed by atoms with Gasteiger partial charge >= 0.3 is 18.1 Å². The third-order valence-corrected chi connectivity index (χ3v) is 4.35. The number of hydroxylamine groups is 2. The van der Waals surface area contributed by atoms with Gasteiger partial charge in [0.2, 0.25) is 5.91 Å². The Balaban J connectivity index is 1.96. The zero-order valence-electron chi connectivity index (χ0n) is 16.0. The lowest BCUT2D eigenvalue weighted by Crippen LogP contribution is -2.48. The van der Waals surface area contributed by atoms with Gasteiger partial charge in [0.15, 0.2) is 0 Å². The average molecular weight is 409 g/mol. The number of ether oxygens (including phenoxy) is 3. The number of urea groups is 1. The number of hydrogen-bond acceptors (Lipinski definition) is 7. The van der Waals surface area contributed by atoms with E-state index < -0.39 is 41.7 Å². The van der Waals surface area contributed by atoms with Crippen LogP contribution in [0.1, 0.15) is 26.7 Å². The van der Waals surface area contributed by atoms with Gasteiger partial charge < -0.3 is 24.8 Å². The molecule has 2 saturated heterocycles. The minimum absolute atomic E-state index is 0.0103. The van der Waals surface area contributed by atoms with E-state index in [4.69, 9.17) is 19.9 Å². The summed E-state index contributed by atoms with van der Waals surface area (Å²) in [4.78, 5) is 41.1. The number of piperidine rings is 1. The van der Waals surface area contributed by atoms with E-state index >= 15 is 0 Å². The first-order valence-corrected chi connectivity index (χ1v) is 8.75. The molecule has 0 aliphatic carbocycles. The molecule has 28 heavy (non-hydrogen) atoms. The van der Waals surface area contributed by atoms with Crippen LogP contribution < -0.4 is 5.73 Å². The number of carbonyl (C=O) groups excluding carboxylic acids is 3. The van der Waals surface area contributed by atoms with Crippen molar-refractivity contribution >= 4 is 17.9 Å². The van der Waals surface area contributed by atoms with Crippen molar-refractivity contribution in [2.75, 3.05) is 33.5 Å². The van der Waals surface area contributed by atoms with Gasteiger partial charge in [0.1, 0.15) is 11.6 Å². The van der Waals surface area contributed by atoms with Crippen LogP contribution in [-0.2, 0) is 28.6 Å². The molecule has 10 nitrogen and oxygen atoms in total. The van der Waals surface area contributed by atoms with Gasteiger partial charge in [-0.1, -0.05) is 0 Å². The third-order valence-electron chi connectivity index (χ3n) is 4.35. The maximum absolute atomic E-state index is 14.3. The smallest absolute Gasteiger partial charge is 0.451 e. The second-order valence-corrected chi connectivity index (χ2v) is 7.21.